The summed E-state index contributed by atoms with van der Waals surface area (Å²) >= 11 is 0. The molecule has 2 heterocycles. The van der Waals surface area contributed by atoms with Crippen molar-refractivity contribution in [1.29, 1.82) is 0 Å². The van der Waals surface area contributed by atoms with Crippen LogP contribution in [0.25, 0.3) is 18.2 Å². The lowest BCUT2D eigenvalue weighted by Gasteiger charge is -2.54. The third-order valence-corrected chi connectivity index (χ3v) is 19.1. The molecule has 2 aliphatic heterocycles. The van der Waals surface area contributed by atoms with E-state index in [1.807, 2.05) is 99.5 Å². The smallest absolute Gasteiger partial charge is 0.352 e. The molecule has 0 radical (unpaired) electrons. The highest BCUT2D eigenvalue weighted by atomic mass is 16.7. The molecule has 0 aromatic heterocycles. The van der Waals surface area contributed by atoms with Gasteiger partial charge in [-0.05, 0) is 213 Å². The van der Waals surface area contributed by atoms with E-state index in [0.717, 1.165) is 17.2 Å². The van der Waals surface area contributed by atoms with Crippen LogP contribution in [-0.4, -0.2) is 137 Å². The number of piperidine rings is 2. The van der Waals surface area contributed by atoms with Gasteiger partial charge in [-0.1, -0.05) is 159 Å². The van der Waals surface area contributed by atoms with Crippen LogP contribution in [-0.2, 0) is 47.7 Å². The molecule has 0 aliphatic carbocycles. The summed E-state index contributed by atoms with van der Waals surface area (Å²) in [5, 5.41) is 19.9. The summed E-state index contributed by atoms with van der Waals surface area (Å²) in [7, 11) is 2.60. The van der Waals surface area contributed by atoms with E-state index in [0.29, 0.717) is 82.0 Å². The minimum atomic E-state index is -1.31. The van der Waals surface area contributed by atoms with Crippen LogP contribution in [0, 0.1) is 0 Å². The van der Waals surface area contributed by atoms with E-state index in [1.54, 1.807) is 188 Å². The SMILES string of the molecule is C=CC(=O)Oc1ccc(/C=C/C(=O)OC)cc1.C=Cc1ccccc1.CC1(C)CC(NC(=O)c2cc(N)cc(N)c2)CC(C)(C)N1O.COC(=O)/C=C/c1ccc(OC(=O)C(CC(CON2C(C)(C)CC(NC(=O)c3cc(N)cc(N)c3)CC2(C)C)c2ccccc2)OC(=O)c2ccccc2)cc1.O=C(OCOC(=O)c1ccccc1)c1ccccc1. The van der Waals surface area contributed by atoms with Crippen molar-refractivity contribution in [2.45, 2.75) is 134 Å². The highest BCUT2D eigenvalue weighted by Crippen LogP contribution is 2.41. The van der Waals surface area contributed by atoms with E-state index in [1.165, 1.54) is 37.0 Å². The zero-order valence-electron chi connectivity index (χ0n) is 70.2. The third kappa shape index (κ3) is 30.9. The normalized spacial score (nSPS) is 14.8. The van der Waals surface area contributed by atoms with Gasteiger partial charge in [0, 0.05) is 98.7 Å². The fourth-order valence-electron chi connectivity index (χ4n) is 13.8. The Morgan fingerprint density at radius 3 is 1.18 bits per heavy atom. The summed E-state index contributed by atoms with van der Waals surface area (Å²) in [5.74, 6) is -4.12. The number of nitrogen functional groups attached to an aromatic ring is 4. The summed E-state index contributed by atoms with van der Waals surface area (Å²) in [6.07, 6.45) is 9.93. The number of benzene rings is 9. The van der Waals surface area contributed by atoms with Crippen LogP contribution < -0.4 is 43.0 Å². The number of methoxy groups -OCH3 is 2. The van der Waals surface area contributed by atoms with Crippen molar-refractivity contribution < 1.29 is 86.4 Å². The number of hydrogen-bond donors (Lipinski definition) is 7. The number of nitrogens with one attached hydrogen (secondary N) is 2. The van der Waals surface area contributed by atoms with Crippen LogP contribution in [0.1, 0.15) is 167 Å². The first kappa shape index (κ1) is 95.4. The van der Waals surface area contributed by atoms with Crippen LogP contribution in [0.5, 0.6) is 11.5 Å². The van der Waals surface area contributed by atoms with Crippen molar-refractivity contribution in [1.82, 2.24) is 20.8 Å². The first-order valence-corrected chi connectivity index (χ1v) is 39.1. The Morgan fingerprint density at radius 2 is 0.811 bits per heavy atom. The van der Waals surface area contributed by atoms with Crippen LogP contribution >= 0.6 is 0 Å². The van der Waals surface area contributed by atoms with Crippen LogP contribution in [0.4, 0.5) is 22.7 Å². The molecule has 122 heavy (non-hydrogen) atoms. The quantitative estimate of drug-likeness (QED) is 0.00698. The molecule has 9 aromatic carbocycles. The molecule has 640 valence electrons. The molecule has 9 aromatic rings. The van der Waals surface area contributed by atoms with Crippen molar-refractivity contribution in [3.63, 3.8) is 0 Å². The molecule has 11 N–H and O–H groups in total. The van der Waals surface area contributed by atoms with E-state index in [-0.39, 0.29) is 48.2 Å². The maximum Gasteiger partial charge on any atom is 0.352 e. The molecule has 26 heteroatoms. The number of rotatable bonds is 25. The fourth-order valence-corrected chi connectivity index (χ4v) is 13.8. The Bertz CT molecular complexity index is 4920. The molecular weight excluding hydrogens is 1550 g/mol. The molecule has 2 fully saturated rings. The molecule has 26 nitrogen and oxygen atoms in total. The Labute approximate surface area is 712 Å². The number of hydroxylamine groups is 4. The highest BCUT2D eigenvalue weighted by Gasteiger charge is 2.48. The monoisotopic (exact) mass is 1660 g/mol. The predicted molar refractivity (Wildman–Crippen MR) is 470 cm³/mol. The van der Waals surface area contributed by atoms with Gasteiger partial charge in [-0.2, -0.15) is 10.1 Å². The zero-order valence-corrected chi connectivity index (χ0v) is 70.2. The first-order chi connectivity index (χ1) is 58.0. The number of nitrogens with zero attached hydrogens (tertiary/aromatic N) is 2. The zero-order chi connectivity index (χ0) is 89.2. The van der Waals surface area contributed by atoms with Crippen LogP contribution in [0.2, 0.25) is 0 Å². The van der Waals surface area contributed by atoms with Gasteiger partial charge in [-0.15, -0.1) is 0 Å². The van der Waals surface area contributed by atoms with Crippen molar-refractivity contribution in [2.24, 2.45) is 0 Å². The number of carbonyl (C=O) groups is 9. The van der Waals surface area contributed by atoms with E-state index in [9.17, 15) is 48.4 Å². The van der Waals surface area contributed by atoms with Crippen molar-refractivity contribution in [2.75, 3.05) is 50.6 Å². The Balaban J connectivity index is 0.000000250. The number of esters is 7. The number of amides is 2. The summed E-state index contributed by atoms with van der Waals surface area (Å²) in [5.41, 5.74) is 28.7. The molecular formula is C96H108N8O18. The lowest BCUT2D eigenvalue weighted by atomic mass is 9.79. The predicted octanol–water partition coefficient (Wildman–Crippen LogP) is 15.7. The minimum Gasteiger partial charge on any atom is -0.466 e. The van der Waals surface area contributed by atoms with Crippen LogP contribution in [0.15, 0.2) is 268 Å². The number of ether oxygens (including phenoxy) is 7. The molecule has 0 bridgehead atoms. The Hall–Kier alpha value is -13.8. The second kappa shape index (κ2) is 46.0. The first-order valence-electron chi connectivity index (χ1n) is 39.1. The van der Waals surface area contributed by atoms with Gasteiger partial charge >= 0.3 is 41.8 Å². The van der Waals surface area contributed by atoms with Gasteiger partial charge < -0.3 is 71.9 Å². The van der Waals surface area contributed by atoms with Gasteiger partial charge in [0.15, 0.2) is 6.10 Å². The van der Waals surface area contributed by atoms with E-state index in [2.05, 4.69) is 61.0 Å². The average molecular weight is 1660 g/mol. The molecule has 0 saturated carbocycles. The lowest BCUT2D eigenvalue weighted by Crippen LogP contribution is -2.64. The molecule has 2 amide bonds. The second-order valence-electron chi connectivity index (χ2n) is 30.9. The maximum absolute atomic E-state index is 13.9. The Kier molecular flexibility index (Phi) is 35.9. The lowest BCUT2D eigenvalue weighted by molar-refractivity contribution is -0.286. The topological polar surface area (TPSA) is 382 Å². The largest absolute Gasteiger partial charge is 0.466 e. The molecule has 2 unspecified atom stereocenters. The standard InChI is InChI=1S/C44H50N4O8.C16H26N4O2.C15H12O4.C13H12O4.C8H8/c1-43(2)26-36(47-40(50)32-22-34(45)25-35(46)23-32)27-44(3,4)48(43)54-28-33(30-12-8-6-9-13-30)24-38(56-41(51)31-14-10-7-11-15-31)42(52)55-37-19-16-29(17-20-37)18-21-39(49)53-5;1-15(2)8-13(9-16(3,4)20(15)22)19-14(21)10-5-11(17)7-12(18)6-10;16-14(12-7-3-1-4-8-12)18-11-19-15(17)13-9-5-2-6-10-13;1-3-12(14)17-11-7-4-10(5-8-11)6-9-13(15)16-2;1-2-8-6-4-3-5-7-8/h6-23,25,33,36,38H,24,26-28,45-46H2,1-5H3,(H,47,50);5-7,13,22H,8-9,17-18H2,1-4H3,(H,19,21);1-10H,11H2;3-9H,1H2,2H3;2-7H,1H2/b21-18+;;;9-6+;. The molecule has 2 aliphatic rings. The molecule has 2 saturated heterocycles. The number of anilines is 4. The molecule has 11 rings (SSSR count). The molecule has 2 atom stereocenters. The van der Waals surface area contributed by atoms with Gasteiger partial charge in [0.05, 0.1) is 37.5 Å². The Morgan fingerprint density at radius 1 is 0.451 bits per heavy atom. The van der Waals surface area contributed by atoms with Gasteiger partial charge in [-0.3, -0.25) is 14.4 Å². The van der Waals surface area contributed by atoms with Crippen molar-refractivity contribution in [3.05, 3.63) is 318 Å². The van der Waals surface area contributed by atoms with E-state index in [4.69, 9.17) is 51.5 Å². The summed E-state index contributed by atoms with van der Waals surface area (Å²) < 4.78 is 35.3. The number of hydrogen-bond acceptors (Lipinski definition) is 24. The van der Waals surface area contributed by atoms with Gasteiger partial charge in [0.25, 0.3) is 11.8 Å². The summed E-state index contributed by atoms with van der Waals surface area (Å²) in [4.78, 5) is 116. The van der Waals surface area contributed by atoms with Crippen LogP contribution in [0.3, 0.4) is 0 Å². The van der Waals surface area contributed by atoms with E-state index >= 15 is 0 Å². The number of carbonyl (C=O) groups excluding carboxylic acids is 9. The van der Waals surface area contributed by atoms with Gasteiger partial charge in [-0.25, -0.2) is 33.6 Å². The second-order valence-corrected chi connectivity index (χ2v) is 30.9. The average Bonchev–Trinajstić information content (AvgIpc) is 0.770. The fraction of sp³-hybridized carbons (Fsp3) is 0.260. The molecule has 0 spiro atoms. The van der Waals surface area contributed by atoms with Crippen molar-refractivity contribution >= 4 is 94.6 Å². The maximum atomic E-state index is 13.9. The van der Waals surface area contributed by atoms with Gasteiger partial charge in [0.2, 0.25) is 6.79 Å². The third-order valence-electron chi connectivity index (χ3n) is 19.1. The summed E-state index contributed by atoms with van der Waals surface area (Å²) in [6.45, 7) is 22.8. The highest BCUT2D eigenvalue weighted by molar-refractivity contribution is 5.97. The minimum absolute atomic E-state index is 0.0245. The van der Waals surface area contributed by atoms with E-state index < -0.39 is 82.8 Å². The van der Waals surface area contributed by atoms with Gasteiger partial charge in [0.1, 0.15) is 11.5 Å². The summed E-state index contributed by atoms with van der Waals surface area (Å²) in [6, 6.07) is 67.7. The van der Waals surface area contributed by atoms with Crippen molar-refractivity contribution in [3.8, 4) is 11.5 Å². The number of nitrogens with two attached hydrogens (primary N) is 4.